The van der Waals surface area contributed by atoms with Crippen molar-refractivity contribution in [2.45, 2.75) is 19.1 Å². The Labute approximate surface area is 55.3 Å². The van der Waals surface area contributed by atoms with E-state index in [-0.39, 0.29) is 13.2 Å². The molecule has 3 nitrogen and oxygen atoms in total. The molecule has 9 heavy (non-hydrogen) atoms. The number of ether oxygens (including phenoxy) is 1. The monoisotopic (exact) mass is 133 g/mol. The Morgan fingerprint density at radius 1 is 1.56 bits per heavy atom. The second-order valence-electron chi connectivity index (χ2n) is 1.69. The van der Waals surface area contributed by atoms with Gasteiger partial charge in [0.15, 0.2) is 6.29 Å². The first-order valence-electron chi connectivity index (χ1n) is 3.01. The molecular formula is C6H13O3. The summed E-state index contributed by atoms with van der Waals surface area (Å²) in [6.45, 7) is 3.68. The van der Waals surface area contributed by atoms with E-state index in [0.29, 0.717) is 12.8 Å². The molecule has 55 valence electrons. The maximum absolute atomic E-state index is 8.81. The largest absolute Gasteiger partial charge is 0.394 e. The summed E-state index contributed by atoms with van der Waals surface area (Å²) in [6, 6.07) is 0. The fraction of sp³-hybridized carbons (Fsp3) is 0.833. The topological polar surface area (TPSA) is 49.7 Å². The molecule has 1 atom stereocenters. The van der Waals surface area contributed by atoms with Gasteiger partial charge in [-0.1, -0.05) is 6.92 Å². The van der Waals surface area contributed by atoms with Crippen LogP contribution in [0.5, 0.6) is 0 Å². The van der Waals surface area contributed by atoms with Crippen LogP contribution in [0.4, 0.5) is 0 Å². The fourth-order valence-electron chi connectivity index (χ4n) is 0.447. The Morgan fingerprint density at radius 2 is 2.22 bits per heavy atom. The van der Waals surface area contributed by atoms with Gasteiger partial charge in [0.2, 0.25) is 0 Å². The van der Waals surface area contributed by atoms with Crippen molar-refractivity contribution in [3.05, 3.63) is 6.92 Å². The summed E-state index contributed by atoms with van der Waals surface area (Å²) < 4.78 is 4.70. The number of aliphatic hydroxyl groups is 2. The SMILES string of the molecule is [CH2]CCC(O)OCCO. The van der Waals surface area contributed by atoms with Gasteiger partial charge in [-0.3, -0.25) is 0 Å². The molecule has 0 bridgehead atoms. The second kappa shape index (κ2) is 6.01. The fourth-order valence-corrected chi connectivity index (χ4v) is 0.447. The van der Waals surface area contributed by atoms with Gasteiger partial charge in [-0.25, -0.2) is 0 Å². The van der Waals surface area contributed by atoms with E-state index in [1.807, 2.05) is 0 Å². The standard InChI is InChI=1S/C6H13O3/c1-2-3-6(8)9-5-4-7/h6-8H,1-5H2. The lowest BCUT2D eigenvalue weighted by Gasteiger charge is -2.08. The molecule has 0 rings (SSSR count). The molecule has 1 radical (unpaired) electrons. The van der Waals surface area contributed by atoms with E-state index in [9.17, 15) is 0 Å². The maximum atomic E-state index is 8.81. The normalized spacial score (nSPS) is 13.7. The third-order valence-corrected chi connectivity index (χ3v) is 0.853. The molecular weight excluding hydrogens is 120 g/mol. The van der Waals surface area contributed by atoms with Crippen LogP contribution in [0.3, 0.4) is 0 Å². The minimum absolute atomic E-state index is 0.0474. The predicted molar refractivity (Wildman–Crippen MR) is 33.6 cm³/mol. The summed E-state index contributed by atoms with van der Waals surface area (Å²) in [4.78, 5) is 0. The Hall–Kier alpha value is -0.120. The van der Waals surface area contributed by atoms with E-state index in [1.54, 1.807) is 0 Å². The van der Waals surface area contributed by atoms with Crippen LogP contribution in [-0.2, 0) is 4.74 Å². The Bertz CT molecular complexity index is 56.3. The van der Waals surface area contributed by atoms with E-state index in [4.69, 9.17) is 14.9 Å². The molecule has 1 unspecified atom stereocenters. The van der Waals surface area contributed by atoms with Crippen molar-refractivity contribution in [2.24, 2.45) is 0 Å². The van der Waals surface area contributed by atoms with Crippen LogP contribution in [-0.4, -0.2) is 29.7 Å². The smallest absolute Gasteiger partial charge is 0.154 e. The van der Waals surface area contributed by atoms with E-state index >= 15 is 0 Å². The first kappa shape index (κ1) is 8.88. The number of hydrogen-bond donors (Lipinski definition) is 2. The van der Waals surface area contributed by atoms with Crippen LogP contribution in [0.2, 0.25) is 0 Å². The summed E-state index contributed by atoms with van der Waals surface area (Å²) >= 11 is 0. The summed E-state index contributed by atoms with van der Waals surface area (Å²) in [5.41, 5.74) is 0. The average Bonchev–Trinajstić information content (AvgIpc) is 1.85. The van der Waals surface area contributed by atoms with Crippen molar-refractivity contribution in [3.63, 3.8) is 0 Å². The van der Waals surface area contributed by atoms with Gasteiger partial charge < -0.3 is 14.9 Å². The molecule has 0 aliphatic rings. The molecule has 2 N–H and O–H groups in total. The molecule has 0 amide bonds. The van der Waals surface area contributed by atoms with Gasteiger partial charge in [-0.15, -0.1) is 0 Å². The van der Waals surface area contributed by atoms with Gasteiger partial charge in [-0.05, 0) is 12.8 Å². The lowest BCUT2D eigenvalue weighted by atomic mass is 10.3. The summed E-state index contributed by atoms with van der Waals surface area (Å²) in [5.74, 6) is 0. The van der Waals surface area contributed by atoms with Gasteiger partial charge >= 0.3 is 0 Å². The molecule has 0 aromatic heterocycles. The van der Waals surface area contributed by atoms with E-state index in [0.717, 1.165) is 0 Å². The highest BCUT2D eigenvalue weighted by Crippen LogP contribution is 1.95. The molecule has 0 spiro atoms. The number of rotatable bonds is 5. The average molecular weight is 133 g/mol. The molecule has 0 saturated heterocycles. The summed E-state index contributed by atoms with van der Waals surface area (Å²) in [5, 5.41) is 17.0. The zero-order valence-electron chi connectivity index (χ0n) is 5.42. The van der Waals surface area contributed by atoms with Gasteiger partial charge in [-0.2, -0.15) is 0 Å². The minimum atomic E-state index is -0.755. The van der Waals surface area contributed by atoms with Crippen molar-refractivity contribution in [3.8, 4) is 0 Å². The first-order chi connectivity index (χ1) is 4.31. The highest BCUT2D eigenvalue weighted by atomic mass is 16.6. The first-order valence-corrected chi connectivity index (χ1v) is 3.01. The van der Waals surface area contributed by atoms with E-state index in [1.165, 1.54) is 0 Å². The predicted octanol–water partition coefficient (Wildman–Crippen LogP) is -0.0720. The molecule has 0 fully saturated rings. The van der Waals surface area contributed by atoms with Crippen LogP contribution in [0.25, 0.3) is 0 Å². The van der Waals surface area contributed by atoms with Gasteiger partial charge in [0.25, 0.3) is 0 Å². The van der Waals surface area contributed by atoms with E-state index in [2.05, 4.69) is 6.92 Å². The van der Waals surface area contributed by atoms with Crippen LogP contribution in [0.15, 0.2) is 0 Å². The van der Waals surface area contributed by atoms with Crippen LogP contribution in [0, 0.1) is 6.92 Å². The highest BCUT2D eigenvalue weighted by molar-refractivity contribution is 4.44. The zero-order chi connectivity index (χ0) is 7.11. The lowest BCUT2D eigenvalue weighted by Crippen LogP contribution is -2.13. The third-order valence-electron chi connectivity index (χ3n) is 0.853. The molecule has 0 heterocycles. The van der Waals surface area contributed by atoms with Crippen molar-refractivity contribution in [1.29, 1.82) is 0 Å². The minimum Gasteiger partial charge on any atom is -0.394 e. The quantitative estimate of drug-likeness (QED) is 0.516. The van der Waals surface area contributed by atoms with Crippen molar-refractivity contribution < 1.29 is 14.9 Å². The van der Waals surface area contributed by atoms with Gasteiger partial charge in [0.1, 0.15) is 0 Å². The third kappa shape index (κ3) is 5.76. The van der Waals surface area contributed by atoms with Crippen LogP contribution in [0.1, 0.15) is 12.8 Å². The Kier molecular flexibility index (Phi) is 5.93. The zero-order valence-corrected chi connectivity index (χ0v) is 5.42. The molecule has 0 aliphatic carbocycles. The van der Waals surface area contributed by atoms with Crippen molar-refractivity contribution in [1.82, 2.24) is 0 Å². The maximum Gasteiger partial charge on any atom is 0.154 e. The van der Waals surface area contributed by atoms with Gasteiger partial charge in [0, 0.05) is 0 Å². The Balaban J connectivity index is 2.95. The van der Waals surface area contributed by atoms with Crippen molar-refractivity contribution >= 4 is 0 Å². The van der Waals surface area contributed by atoms with Crippen LogP contribution >= 0.6 is 0 Å². The molecule has 0 aliphatic heterocycles. The summed E-state index contributed by atoms with van der Waals surface area (Å²) in [6.07, 6.45) is 0.418. The number of aliphatic hydroxyl groups excluding tert-OH is 2. The second-order valence-corrected chi connectivity index (χ2v) is 1.69. The highest BCUT2D eigenvalue weighted by Gasteiger charge is 1.99. The van der Waals surface area contributed by atoms with Gasteiger partial charge in [0.05, 0.1) is 13.2 Å². The lowest BCUT2D eigenvalue weighted by molar-refractivity contribution is -0.109. The Morgan fingerprint density at radius 3 is 2.67 bits per heavy atom. The van der Waals surface area contributed by atoms with E-state index < -0.39 is 6.29 Å². The molecule has 0 aromatic carbocycles. The van der Waals surface area contributed by atoms with Crippen LogP contribution < -0.4 is 0 Å². The van der Waals surface area contributed by atoms with Crippen molar-refractivity contribution in [2.75, 3.05) is 13.2 Å². The summed E-state index contributed by atoms with van der Waals surface area (Å²) in [7, 11) is 0. The molecule has 3 heteroatoms. The number of hydrogen-bond acceptors (Lipinski definition) is 3. The molecule has 0 saturated carbocycles. The molecule has 0 aromatic rings.